The van der Waals surface area contributed by atoms with Gasteiger partial charge in [0.25, 0.3) is 0 Å². The van der Waals surface area contributed by atoms with Crippen molar-refractivity contribution in [1.82, 2.24) is 20.1 Å². The molecule has 1 saturated heterocycles. The topological polar surface area (TPSA) is 73.9 Å². The van der Waals surface area contributed by atoms with Gasteiger partial charge in [0.2, 0.25) is 5.91 Å². The van der Waals surface area contributed by atoms with E-state index in [4.69, 9.17) is 0 Å². The maximum Gasteiger partial charge on any atom is 0.222 e. The van der Waals surface area contributed by atoms with Crippen molar-refractivity contribution in [3.8, 4) is 0 Å². The summed E-state index contributed by atoms with van der Waals surface area (Å²) in [6, 6.07) is 6.59. The van der Waals surface area contributed by atoms with Crippen molar-refractivity contribution in [3.63, 3.8) is 0 Å². The average molecular weight is 355 g/mol. The fraction of sp³-hybridized carbons (Fsp3) is 0.550. The number of aromatic amines is 1. The van der Waals surface area contributed by atoms with Crippen LogP contribution in [0.3, 0.4) is 0 Å². The average Bonchev–Trinajstić information content (AvgIpc) is 3.01. The first-order valence-electron chi connectivity index (χ1n) is 9.42. The van der Waals surface area contributed by atoms with E-state index in [1.165, 1.54) is 25.3 Å². The van der Waals surface area contributed by atoms with Crippen molar-refractivity contribution in [2.45, 2.75) is 53.0 Å². The zero-order valence-corrected chi connectivity index (χ0v) is 16.2. The zero-order valence-electron chi connectivity index (χ0n) is 16.2. The van der Waals surface area contributed by atoms with Crippen LogP contribution in [0.5, 0.6) is 0 Å². The van der Waals surface area contributed by atoms with E-state index in [-0.39, 0.29) is 11.9 Å². The number of rotatable bonds is 5. The minimum absolute atomic E-state index is 0.0890. The summed E-state index contributed by atoms with van der Waals surface area (Å²) in [5.74, 6) is 1.23. The van der Waals surface area contributed by atoms with Gasteiger partial charge in [0.1, 0.15) is 5.82 Å². The number of pyridine rings is 1. The first kappa shape index (κ1) is 18.6. The van der Waals surface area contributed by atoms with E-state index in [1.807, 2.05) is 6.07 Å². The molecule has 2 atom stereocenters. The third-order valence-corrected chi connectivity index (χ3v) is 5.10. The highest BCUT2D eigenvalue weighted by Gasteiger charge is 2.26. The molecule has 1 amide bonds. The Balaban J connectivity index is 1.63. The molecular weight excluding hydrogens is 326 g/mol. The molecule has 1 aliphatic heterocycles. The number of hydrogen-bond acceptors (Lipinski definition) is 4. The number of nitrogens with one attached hydrogen (secondary N) is 2. The minimum Gasteiger partial charge on any atom is -0.311 e. The maximum atomic E-state index is 11.2. The van der Waals surface area contributed by atoms with Gasteiger partial charge in [0.05, 0.1) is 11.7 Å². The molecule has 26 heavy (non-hydrogen) atoms. The largest absolute Gasteiger partial charge is 0.311 e. The minimum atomic E-state index is -0.0890. The van der Waals surface area contributed by atoms with Crippen LogP contribution < -0.4 is 5.32 Å². The summed E-state index contributed by atoms with van der Waals surface area (Å²) in [4.78, 5) is 18.2. The highest BCUT2D eigenvalue weighted by Crippen LogP contribution is 2.28. The first-order chi connectivity index (χ1) is 12.4. The monoisotopic (exact) mass is 355 g/mol. The predicted molar refractivity (Wildman–Crippen MR) is 103 cm³/mol. The normalized spacial score (nSPS) is 19.3. The number of carbonyl (C=O) groups excluding carboxylic acids is 1. The Morgan fingerprint density at radius 2 is 2.08 bits per heavy atom. The molecular formula is C20H29N5O. The number of aryl methyl sites for hydroxylation is 2. The van der Waals surface area contributed by atoms with Crippen LogP contribution in [0, 0.1) is 19.8 Å². The van der Waals surface area contributed by atoms with Crippen molar-refractivity contribution < 1.29 is 4.79 Å². The van der Waals surface area contributed by atoms with Gasteiger partial charge in [-0.2, -0.15) is 5.10 Å². The van der Waals surface area contributed by atoms with Gasteiger partial charge in [0, 0.05) is 30.9 Å². The molecule has 6 heteroatoms. The number of anilines is 1. The van der Waals surface area contributed by atoms with Crippen LogP contribution in [0.2, 0.25) is 0 Å². The van der Waals surface area contributed by atoms with E-state index in [2.05, 4.69) is 58.3 Å². The van der Waals surface area contributed by atoms with Crippen molar-refractivity contribution >= 4 is 11.7 Å². The van der Waals surface area contributed by atoms with Crippen LogP contribution >= 0.6 is 0 Å². The van der Waals surface area contributed by atoms with E-state index in [0.29, 0.717) is 11.7 Å². The number of hydrogen-bond donors (Lipinski definition) is 2. The summed E-state index contributed by atoms with van der Waals surface area (Å²) in [5, 5.41) is 10.0. The van der Waals surface area contributed by atoms with Crippen molar-refractivity contribution in [1.29, 1.82) is 0 Å². The van der Waals surface area contributed by atoms with Gasteiger partial charge in [-0.3, -0.25) is 19.8 Å². The van der Waals surface area contributed by atoms with Crippen LogP contribution in [0.15, 0.2) is 18.2 Å². The second-order valence-corrected chi connectivity index (χ2v) is 7.53. The predicted octanol–water partition coefficient (Wildman–Crippen LogP) is 3.40. The summed E-state index contributed by atoms with van der Waals surface area (Å²) in [5.41, 5.74) is 4.57. The molecule has 1 fully saturated rings. The molecule has 2 N–H and O–H groups in total. The molecule has 0 bridgehead atoms. The Morgan fingerprint density at radius 1 is 1.35 bits per heavy atom. The molecule has 3 heterocycles. The smallest absolute Gasteiger partial charge is 0.222 e. The lowest BCUT2D eigenvalue weighted by atomic mass is 9.90. The molecule has 2 aromatic rings. The Bertz CT molecular complexity index is 749. The second kappa shape index (κ2) is 7.99. The van der Waals surface area contributed by atoms with E-state index < -0.39 is 0 Å². The second-order valence-electron chi connectivity index (χ2n) is 7.53. The molecule has 140 valence electrons. The van der Waals surface area contributed by atoms with Crippen LogP contribution in [0.4, 0.5) is 5.82 Å². The molecule has 0 aromatic carbocycles. The Kier molecular flexibility index (Phi) is 5.71. The highest BCUT2D eigenvalue weighted by atomic mass is 16.1. The van der Waals surface area contributed by atoms with Crippen LogP contribution in [0.25, 0.3) is 0 Å². The van der Waals surface area contributed by atoms with Crippen molar-refractivity contribution in [2.24, 2.45) is 5.92 Å². The SMILES string of the molecule is CC(=O)Nc1cc([C@H](C)N2CCC[C@H](Cc3cc(C)nc(C)c3)C2)n[nH]1. The van der Waals surface area contributed by atoms with E-state index in [1.54, 1.807) is 0 Å². The first-order valence-corrected chi connectivity index (χ1v) is 9.42. The summed E-state index contributed by atoms with van der Waals surface area (Å²) >= 11 is 0. The molecule has 6 nitrogen and oxygen atoms in total. The lowest BCUT2D eigenvalue weighted by Crippen LogP contribution is -2.38. The lowest BCUT2D eigenvalue weighted by Gasteiger charge is -2.36. The Hall–Kier alpha value is -2.21. The third-order valence-electron chi connectivity index (χ3n) is 5.10. The lowest BCUT2D eigenvalue weighted by molar-refractivity contribution is -0.114. The molecule has 0 radical (unpaired) electrons. The highest BCUT2D eigenvalue weighted by molar-refractivity contribution is 5.87. The van der Waals surface area contributed by atoms with Crippen molar-refractivity contribution in [3.05, 3.63) is 40.8 Å². The number of H-pyrrole nitrogens is 1. The van der Waals surface area contributed by atoms with Gasteiger partial charge in [-0.05, 0) is 70.2 Å². The summed E-state index contributed by atoms with van der Waals surface area (Å²) in [6.45, 7) is 9.99. The van der Waals surface area contributed by atoms with Gasteiger partial charge in [-0.15, -0.1) is 0 Å². The van der Waals surface area contributed by atoms with Crippen LogP contribution in [-0.2, 0) is 11.2 Å². The Morgan fingerprint density at radius 3 is 2.77 bits per heavy atom. The summed E-state index contributed by atoms with van der Waals surface area (Å²) in [7, 11) is 0. The maximum absolute atomic E-state index is 11.2. The van der Waals surface area contributed by atoms with Crippen LogP contribution in [-0.4, -0.2) is 39.1 Å². The molecule has 3 rings (SSSR count). The fourth-order valence-electron chi connectivity index (χ4n) is 3.98. The molecule has 0 spiro atoms. The van der Waals surface area contributed by atoms with Gasteiger partial charge < -0.3 is 5.32 Å². The standard InChI is InChI=1S/C20H29N5O/c1-13-8-18(9-14(2)21-13)10-17-6-5-7-25(12-17)15(3)19-11-20(24-23-19)22-16(4)26/h8-9,11,15,17H,5-7,10,12H2,1-4H3,(H2,22,23,24,26)/t15-,17+/m0/s1. The van der Waals surface area contributed by atoms with Gasteiger partial charge in [-0.1, -0.05) is 0 Å². The third kappa shape index (κ3) is 4.69. The van der Waals surface area contributed by atoms with E-state index >= 15 is 0 Å². The number of amides is 1. The number of likely N-dealkylation sites (tertiary alicyclic amines) is 1. The van der Waals surface area contributed by atoms with Gasteiger partial charge in [-0.25, -0.2) is 0 Å². The molecule has 2 aromatic heterocycles. The number of aromatic nitrogens is 3. The molecule has 1 aliphatic rings. The fourth-order valence-corrected chi connectivity index (χ4v) is 3.98. The van der Waals surface area contributed by atoms with Crippen LogP contribution in [0.1, 0.15) is 55.4 Å². The summed E-state index contributed by atoms with van der Waals surface area (Å²) in [6.07, 6.45) is 3.58. The van der Waals surface area contributed by atoms with E-state index in [0.717, 1.165) is 36.6 Å². The Labute approximate surface area is 155 Å². The van der Waals surface area contributed by atoms with Gasteiger partial charge in [0.15, 0.2) is 0 Å². The zero-order chi connectivity index (χ0) is 18.7. The van der Waals surface area contributed by atoms with E-state index in [9.17, 15) is 4.79 Å². The number of nitrogens with zero attached hydrogens (tertiary/aromatic N) is 3. The quantitative estimate of drug-likeness (QED) is 0.862. The van der Waals surface area contributed by atoms with Gasteiger partial charge >= 0.3 is 0 Å². The number of carbonyl (C=O) groups is 1. The summed E-state index contributed by atoms with van der Waals surface area (Å²) < 4.78 is 0. The molecule has 0 saturated carbocycles. The molecule has 0 unspecified atom stereocenters. The number of piperidine rings is 1. The molecule has 0 aliphatic carbocycles. The van der Waals surface area contributed by atoms with Crippen molar-refractivity contribution in [2.75, 3.05) is 18.4 Å².